The fourth-order valence-electron chi connectivity index (χ4n) is 1.96. The van der Waals surface area contributed by atoms with Crippen LogP contribution in [-0.4, -0.2) is 30.6 Å². The molecule has 0 unspecified atom stereocenters. The third-order valence-corrected chi connectivity index (χ3v) is 3.86. The summed E-state index contributed by atoms with van der Waals surface area (Å²) in [5.74, 6) is 0. The van der Waals surface area contributed by atoms with Gasteiger partial charge in [0.1, 0.15) is 0 Å². The molecular formula is C11H14IN3O2. The molecule has 0 saturated carbocycles. The van der Waals surface area contributed by atoms with E-state index in [4.69, 9.17) is 0 Å². The van der Waals surface area contributed by atoms with Crippen LogP contribution in [-0.2, 0) is 0 Å². The molecule has 1 aliphatic rings. The lowest BCUT2D eigenvalue weighted by Crippen LogP contribution is -2.57. The second-order valence-electron chi connectivity index (χ2n) is 3.99. The second kappa shape index (κ2) is 5.18. The first-order valence-corrected chi connectivity index (χ1v) is 6.62. The van der Waals surface area contributed by atoms with Crippen molar-refractivity contribution < 1.29 is 4.92 Å². The summed E-state index contributed by atoms with van der Waals surface area (Å²) in [6.45, 7) is 5.00. The summed E-state index contributed by atoms with van der Waals surface area (Å²) in [6.07, 6.45) is 0. The van der Waals surface area contributed by atoms with Gasteiger partial charge in [0.2, 0.25) is 0 Å². The number of nitrogens with zero attached hydrogens (tertiary/aromatic N) is 2. The van der Waals surface area contributed by atoms with Crippen molar-refractivity contribution in [3.63, 3.8) is 0 Å². The Morgan fingerprint density at radius 1 is 1.59 bits per heavy atom. The van der Waals surface area contributed by atoms with Crippen molar-refractivity contribution in [1.29, 1.82) is 0 Å². The SMILES string of the molecule is CCN(c1ccc([N+](=O)[O-])cc1I)C1CNC1. The highest BCUT2D eigenvalue weighted by Crippen LogP contribution is 2.28. The largest absolute Gasteiger partial charge is 0.365 e. The van der Waals surface area contributed by atoms with Gasteiger partial charge in [0.25, 0.3) is 5.69 Å². The average molecular weight is 347 g/mol. The lowest BCUT2D eigenvalue weighted by molar-refractivity contribution is -0.384. The minimum absolute atomic E-state index is 0.154. The lowest BCUT2D eigenvalue weighted by Gasteiger charge is -2.39. The highest BCUT2D eigenvalue weighted by molar-refractivity contribution is 14.1. The van der Waals surface area contributed by atoms with Gasteiger partial charge in [-0.3, -0.25) is 10.1 Å². The van der Waals surface area contributed by atoms with Crippen LogP contribution < -0.4 is 10.2 Å². The first-order valence-electron chi connectivity index (χ1n) is 5.54. The number of hydrogen-bond acceptors (Lipinski definition) is 4. The van der Waals surface area contributed by atoms with Crippen LogP contribution in [0.3, 0.4) is 0 Å². The number of likely N-dealkylation sites (N-methyl/N-ethyl adjacent to an activating group) is 1. The molecule has 1 aromatic rings. The molecule has 0 bridgehead atoms. The van der Waals surface area contributed by atoms with E-state index in [9.17, 15) is 10.1 Å². The molecule has 0 atom stereocenters. The number of nitro groups is 1. The van der Waals surface area contributed by atoms with Gasteiger partial charge in [-0.05, 0) is 35.6 Å². The zero-order valence-corrected chi connectivity index (χ0v) is 11.7. The summed E-state index contributed by atoms with van der Waals surface area (Å²) in [5, 5.41) is 13.9. The van der Waals surface area contributed by atoms with Crippen LogP contribution in [0.15, 0.2) is 18.2 Å². The molecule has 0 aliphatic carbocycles. The molecule has 92 valence electrons. The normalized spacial score (nSPS) is 15.4. The van der Waals surface area contributed by atoms with E-state index in [-0.39, 0.29) is 10.6 Å². The van der Waals surface area contributed by atoms with Gasteiger partial charge in [0.15, 0.2) is 0 Å². The molecule has 5 nitrogen and oxygen atoms in total. The van der Waals surface area contributed by atoms with Gasteiger partial charge in [-0.2, -0.15) is 0 Å². The Hall–Kier alpha value is -0.890. The Bertz CT molecular complexity index is 435. The summed E-state index contributed by atoms with van der Waals surface area (Å²) < 4.78 is 0.936. The van der Waals surface area contributed by atoms with Crippen LogP contribution in [0.2, 0.25) is 0 Å². The van der Waals surface area contributed by atoms with Crippen molar-refractivity contribution in [3.8, 4) is 0 Å². The monoisotopic (exact) mass is 347 g/mol. The highest BCUT2D eigenvalue weighted by Gasteiger charge is 2.25. The van der Waals surface area contributed by atoms with E-state index in [0.717, 1.165) is 28.9 Å². The molecule has 1 fully saturated rings. The third-order valence-electron chi connectivity index (χ3n) is 2.99. The lowest BCUT2D eigenvalue weighted by atomic mass is 10.1. The molecule has 1 heterocycles. The number of benzene rings is 1. The molecule has 0 spiro atoms. The quantitative estimate of drug-likeness (QED) is 0.514. The average Bonchev–Trinajstić information content (AvgIpc) is 2.23. The van der Waals surface area contributed by atoms with Gasteiger partial charge in [-0.1, -0.05) is 0 Å². The maximum absolute atomic E-state index is 10.7. The zero-order chi connectivity index (χ0) is 12.4. The molecule has 17 heavy (non-hydrogen) atoms. The van der Waals surface area contributed by atoms with Crippen molar-refractivity contribution in [2.24, 2.45) is 0 Å². The maximum Gasteiger partial charge on any atom is 0.270 e. The number of non-ortho nitro benzene ring substituents is 1. The van der Waals surface area contributed by atoms with E-state index < -0.39 is 0 Å². The first kappa shape index (κ1) is 12.6. The molecule has 1 aliphatic heterocycles. The highest BCUT2D eigenvalue weighted by atomic mass is 127. The van der Waals surface area contributed by atoms with Crippen molar-refractivity contribution >= 4 is 34.0 Å². The minimum atomic E-state index is -0.354. The number of anilines is 1. The Morgan fingerprint density at radius 2 is 2.29 bits per heavy atom. The topological polar surface area (TPSA) is 58.4 Å². The third kappa shape index (κ3) is 2.52. The van der Waals surface area contributed by atoms with Crippen molar-refractivity contribution in [1.82, 2.24) is 5.32 Å². The fraction of sp³-hybridized carbons (Fsp3) is 0.455. The van der Waals surface area contributed by atoms with Crippen LogP contribution in [0.4, 0.5) is 11.4 Å². The second-order valence-corrected chi connectivity index (χ2v) is 5.15. The molecule has 6 heteroatoms. The van der Waals surface area contributed by atoms with Gasteiger partial charge in [-0.25, -0.2) is 0 Å². The van der Waals surface area contributed by atoms with E-state index in [0.29, 0.717) is 6.04 Å². The van der Waals surface area contributed by atoms with E-state index in [1.807, 2.05) is 6.07 Å². The molecule has 1 N–H and O–H groups in total. The molecule has 0 aromatic heterocycles. The van der Waals surface area contributed by atoms with Gasteiger partial charge in [-0.15, -0.1) is 0 Å². The van der Waals surface area contributed by atoms with Crippen molar-refractivity contribution in [3.05, 3.63) is 31.9 Å². The van der Waals surface area contributed by atoms with Crippen LogP contribution in [0.1, 0.15) is 6.92 Å². The molecule has 1 aromatic carbocycles. The van der Waals surface area contributed by atoms with E-state index in [1.165, 1.54) is 0 Å². The van der Waals surface area contributed by atoms with Crippen LogP contribution in [0.25, 0.3) is 0 Å². The molecule has 0 radical (unpaired) electrons. The van der Waals surface area contributed by atoms with Gasteiger partial charge in [0.05, 0.1) is 16.7 Å². The molecule has 1 saturated heterocycles. The van der Waals surface area contributed by atoms with Gasteiger partial charge >= 0.3 is 0 Å². The van der Waals surface area contributed by atoms with Crippen LogP contribution in [0, 0.1) is 13.7 Å². The maximum atomic E-state index is 10.7. The number of nitro benzene ring substituents is 1. The summed E-state index contributed by atoms with van der Waals surface area (Å²) in [6, 6.07) is 5.56. The zero-order valence-electron chi connectivity index (χ0n) is 9.52. The summed E-state index contributed by atoms with van der Waals surface area (Å²) >= 11 is 2.17. The van der Waals surface area contributed by atoms with Crippen molar-refractivity contribution in [2.75, 3.05) is 24.5 Å². The molecule has 0 amide bonds. The summed E-state index contributed by atoms with van der Waals surface area (Å²) in [4.78, 5) is 12.6. The predicted octanol–water partition coefficient (Wildman–Crippen LogP) is 2.00. The van der Waals surface area contributed by atoms with Crippen molar-refractivity contribution in [2.45, 2.75) is 13.0 Å². The van der Waals surface area contributed by atoms with Gasteiger partial charge < -0.3 is 10.2 Å². The number of halogens is 1. The number of hydrogen-bond donors (Lipinski definition) is 1. The Kier molecular flexibility index (Phi) is 3.82. The Balaban J connectivity index is 2.27. The minimum Gasteiger partial charge on any atom is -0.365 e. The molecular weight excluding hydrogens is 333 g/mol. The van der Waals surface area contributed by atoms with E-state index in [1.54, 1.807) is 12.1 Å². The molecule has 2 rings (SSSR count). The number of rotatable bonds is 4. The smallest absolute Gasteiger partial charge is 0.270 e. The summed E-state index contributed by atoms with van der Waals surface area (Å²) in [5.41, 5.74) is 1.24. The summed E-state index contributed by atoms with van der Waals surface area (Å²) in [7, 11) is 0. The van der Waals surface area contributed by atoms with Gasteiger partial charge in [0, 0.05) is 35.3 Å². The standard InChI is InChI=1S/C11H14IN3O2/c1-2-14(9-6-13-7-9)11-4-3-8(15(16)17)5-10(11)12/h3-5,9,13H,2,6-7H2,1H3. The Morgan fingerprint density at radius 3 is 2.71 bits per heavy atom. The van der Waals surface area contributed by atoms with E-state index in [2.05, 4.69) is 39.7 Å². The van der Waals surface area contributed by atoms with Crippen LogP contribution in [0.5, 0.6) is 0 Å². The predicted molar refractivity (Wildman–Crippen MR) is 75.5 cm³/mol. The number of nitrogens with one attached hydrogen (secondary N) is 1. The van der Waals surface area contributed by atoms with Crippen LogP contribution >= 0.6 is 22.6 Å². The van der Waals surface area contributed by atoms with E-state index >= 15 is 0 Å². The fourth-order valence-corrected chi connectivity index (χ4v) is 2.77. The Labute approximate surface area is 113 Å². The first-order chi connectivity index (χ1) is 8.13.